The molecule has 2 aliphatic heterocycles. The normalized spacial score (nSPS) is 19.6. The molecule has 2 saturated heterocycles. The van der Waals surface area contributed by atoms with Gasteiger partial charge in [-0.25, -0.2) is 9.78 Å². The maximum atomic E-state index is 13.0. The van der Waals surface area contributed by atoms with E-state index in [0.717, 1.165) is 42.1 Å². The zero-order valence-electron chi connectivity index (χ0n) is 18.7. The highest BCUT2D eigenvalue weighted by Gasteiger charge is 2.29. The molecule has 2 fully saturated rings. The Bertz CT molecular complexity index is 1080. The molecule has 0 saturated carbocycles. The van der Waals surface area contributed by atoms with Crippen molar-refractivity contribution >= 4 is 39.2 Å². The summed E-state index contributed by atoms with van der Waals surface area (Å²) in [4.78, 5) is 36.4. The molecule has 7 nitrogen and oxygen atoms in total. The molecule has 2 aromatic carbocycles. The predicted octanol–water partition coefficient (Wildman–Crippen LogP) is 3.85. The summed E-state index contributed by atoms with van der Waals surface area (Å²) in [5.74, 6) is 0.502. The highest BCUT2D eigenvalue weighted by Crippen LogP contribution is 2.33. The number of carbonyl (C=O) groups is 2. The molecule has 0 radical (unpaired) electrons. The molecule has 3 amide bonds. The van der Waals surface area contributed by atoms with E-state index in [0.29, 0.717) is 38.6 Å². The Hall–Kier alpha value is -2.97. The fraction of sp³-hybridized carbons (Fsp3) is 0.400. The van der Waals surface area contributed by atoms with Crippen molar-refractivity contribution in [1.29, 1.82) is 0 Å². The van der Waals surface area contributed by atoms with Crippen molar-refractivity contribution in [1.82, 2.24) is 19.7 Å². The third kappa shape index (κ3) is 5.17. The number of aromatic nitrogens is 1. The van der Waals surface area contributed by atoms with Gasteiger partial charge in [-0.1, -0.05) is 30.3 Å². The van der Waals surface area contributed by atoms with E-state index in [9.17, 15) is 9.59 Å². The second-order valence-corrected chi connectivity index (χ2v) is 9.82. The number of fused-ring (bicyclic) bond motifs is 1. The van der Waals surface area contributed by atoms with Crippen molar-refractivity contribution in [3.8, 4) is 0 Å². The van der Waals surface area contributed by atoms with Gasteiger partial charge in [-0.05, 0) is 37.1 Å². The van der Waals surface area contributed by atoms with E-state index >= 15 is 0 Å². The summed E-state index contributed by atoms with van der Waals surface area (Å²) in [6, 6.07) is 17.7. The number of carbonyl (C=O) groups excluding carboxylic acids is 2. The lowest BCUT2D eigenvalue weighted by Crippen LogP contribution is -2.53. The van der Waals surface area contributed by atoms with Crippen molar-refractivity contribution in [2.45, 2.75) is 18.8 Å². The van der Waals surface area contributed by atoms with E-state index in [1.807, 2.05) is 52.3 Å². The molecule has 2 aliphatic rings. The Morgan fingerprint density at radius 3 is 2.48 bits per heavy atom. The quantitative estimate of drug-likeness (QED) is 0.638. The van der Waals surface area contributed by atoms with Crippen molar-refractivity contribution in [3.63, 3.8) is 0 Å². The second-order valence-electron chi connectivity index (χ2n) is 8.76. The molecule has 8 heteroatoms. The monoisotopic (exact) mass is 463 g/mol. The van der Waals surface area contributed by atoms with E-state index in [1.54, 1.807) is 11.3 Å². The van der Waals surface area contributed by atoms with Gasteiger partial charge in [0.15, 0.2) is 0 Å². The first-order valence-corrected chi connectivity index (χ1v) is 12.4. The van der Waals surface area contributed by atoms with Crippen molar-refractivity contribution in [3.05, 3.63) is 59.6 Å². The van der Waals surface area contributed by atoms with Crippen LogP contribution in [0.4, 0.5) is 10.5 Å². The first kappa shape index (κ1) is 21.9. The standard InChI is InChI=1S/C25H29N5O2S/c31-23(18-28-13-15-29(16-14-28)25(32)26-20-8-2-1-3-9-20)30-12-6-7-19(17-30)24-27-21-10-4-5-11-22(21)33-24/h1-5,8-11,19H,6-7,12-18H2,(H,26,32)/t19-/m0/s1. The number of rotatable bonds is 4. The lowest BCUT2D eigenvalue weighted by molar-refractivity contribution is -0.134. The fourth-order valence-corrected chi connectivity index (χ4v) is 5.69. The topological polar surface area (TPSA) is 68.8 Å². The fourth-order valence-electron chi connectivity index (χ4n) is 4.59. The first-order valence-electron chi connectivity index (χ1n) is 11.6. The average molecular weight is 464 g/mol. The Morgan fingerprint density at radius 2 is 1.70 bits per heavy atom. The predicted molar refractivity (Wildman–Crippen MR) is 132 cm³/mol. The molecule has 172 valence electrons. The van der Waals surface area contributed by atoms with Gasteiger partial charge in [-0.3, -0.25) is 9.69 Å². The number of hydrogen-bond donors (Lipinski definition) is 1. The van der Waals surface area contributed by atoms with E-state index in [2.05, 4.69) is 22.3 Å². The molecule has 0 aliphatic carbocycles. The van der Waals surface area contributed by atoms with Crippen LogP contribution in [0.25, 0.3) is 10.2 Å². The average Bonchev–Trinajstić information content (AvgIpc) is 3.30. The number of hydrogen-bond acceptors (Lipinski definition) is 5. The minimum absolute atomic E-state index is 0.0816. The van der Waals surface area contributed by atoms with Gasteiger partial charge in [0, 0.05) is 50.9 Å². The van der Waals surface area contributed by atoms with Crippen LogP contribution in [-0.4, -0.2) is 77.4 Å². The summed E-state index contributed by atoms with van der Waals surface area (Å²) in [6.07, 6.45) is 2.10. The van der Waals surface area contributed by atoms with Gasteiger partial charge in [0.1, 0.15) is 0 Å². The summed E-state index contributed by atoms with van der Waals surface area (Å²) in [5.41, 5.74) is 1.85. The number of urea groups is 1. The number of thiazole rings is 1. The number of anilines is 1. The SMILES string of the molecule is O=C(CN1CCN(C(=O)Nc2ccccc2)CC1)N1CCC[C@H](c2nc3ccccc3s2)C1. The molecule has 0 bridgehead atoms. The molecule has 1 atom stereocenters. The smallest absolute Gasteiger partial charge is 0.321 e. The lowest BCUT2D eigenvalue weighted by Gasteiger charge is -2.37. The van der Waals surface area contributed by atoms with Crippen molar-refractivity contribution < 1.29 is 9.59 Å². The second kappa shape index (κ2) is 9.89. The van der Waals surface area contributed by atoms with Gasteiger partial charge in [0.2, 0.25) is 5.91 Å². The molecular formula is C25H29N5O2S. The Labute approximate surface area is 198 Å². The summed E-state index contributed by atoms with van der Waals surface area (Å²) in [5, 5.41) is 4.08. The number of amides is 3. The van der Waals surface area contributed by atoms with Crippen LogP contribution in [-0.2, 0) is 4.79 Å². The van der Waals surface area contributed by atoms with Gasteiger partial charge < -0.3 is 15.1 Å². The summed E-state index contributed by atoms with van der Waals surface area (Å²) >= 11 is 1.75. The summed E-state index contributed by atoms with van der Waals surface area (Å²) in [6.45, 7) is 4.66. The molecule has 5 rings (SSSR count). The van der Waals surface area contributed by atoms with Crippen LogP contribution >= 0.6 is 11.3 Å². The molecular weight excluding hydrogens is 434 g/mol. The number of piperazine rings is 1. The van der Waals surface area contributed by atoms with Crippen LogP contribution in [0, 0.1) is 0 Å². The van der Waals surface area contributed by atoms with E-state index in [1.165, 1.54) is 4.70 Å². The Balaban J connectivity index is 1.11. The van der Waals surface area contributed by atoms with Gasteiger partial charge >= 0.3 is 6.03 Å². The lowest BCUT2D eigenvalue weighted by atomic mass is 9.98. The zero-order valence-corrected chi connectivity index (χ0v) is 19.5. The number of para-hydroxylation sites is 2. The van der Waals surface area contributed by atoms with Gasteiger partial charge in [0.25, 0.3) is 0 Å². The molecule has 3 aromatic rings. The summed E-state index contributed by atoms with van der Waals surface area (Å²) < 4.78 is 1.21. The molecule has 3 heterocycles. The number of nitrogens with one attached hydrogen (secondary N) is 1. The third-order valence-corrected chi connectivity index (χ3v) is 7.68. The zero-order chi connectivity index (χ0) is 22.6. The number of benzene rings is 2. The van der Waals surface area contributed by atoms with Gasteiger partial charge in [-0.15, -0.1) is 11.3 Å². The largest absolute Gasteiger partial charge is 0.341 e. The number of piperidine rings is 1. The molecule has 1 aromatic heterocycles. The van der Waals surface area contributed by atoms with Crippen molar-refractivity contribution in [2.75, 3.05) is 51.1 Å². The van der Waals surface area contributed by atoms with Crippen LogP contribution in [0.15, 0.2) is 54.6 Å². The van der Waals surface area contributed by atoms with Crippen LogP contribution in [0.3, 0.4) is 0 Å². The number of nitrogens with zero attached hydrogens (tertiary/aromatic N) is 4. The molecule has 33 heavy (non-hydrogen) atoms. The van der Waals surface area contributed by atoms with Crippen LogP contribution in [0.1, 0.15) is 23.8 Å². The van der Waals surface area contributed by atoms with E-state index < -0.39 is 0 Å². The highest BCUT2D eigenvalue weighted by atomic mass is 32.1. The maximum Gasteiger partial charge on any atom is 0.321 e. The van der Waals surface area contributed by atoms with Gasteiger partial charge in [0.05, 0.1) is 21.8 Å². The third-order valence-electron chi connectivity index (χ3n) is 6.48. The van der Waals surface area contributed by atoms with Crippen LogP contribution < -0.4 is 5.32 Å². The number of likely N-dealkylation sites (tertiary alicyclic amines) is 1. The molecule has 0 unspecified atom stereocenters. The minimum atomic E-state index is -0.0816. The Morgan fingerprint density at radius 1 is 0.939 bits per heavy atom. The van der Waals surface area contributed by atoms with E-state index in [-0.39, 0.29) is 11.9 Å². The minimum Gasteiger partial charge on any atom is -0.341 e. The molecule has 1 N–H and O–H groups in total. The highest BCUT2D eigenvalue weighted by molar-refractivity contribution is 7.18. The van der Waals surface area contributed by atoms with Crippen LogP contribution in [0.5, 0.6) is 0 Å². The molecule has 0 spiro atoms. The Kier molecular flexibility index (Phi) is 6.55. The first-order chi connectivity index (χ1) is 16.2. The van der Waals surface area contributed by atoms with Gasteiger partial charge in [-0.2, -0.15) is 0 Å². The van der Waals surface area contributed by atoms with E-state index in [4.69, 9.17) is 4.98 Å². The van der Waals surface area contributed by atoms with Crippen molar-refractivity contribution in [2.24, 2.45) is 0 Å². The van der Waals surface area contributed by atoms with Crippen LogP contribution in [0.2, 0.25) is 0 Å². The maximum absolute atomic E-state index is 13.0. The summed E-state index contributed by atoms with van der Waals surface area (Å²) in [7, 11) is 0.